The number of unbranched alkanes of at least 4 members (excludes halogenated alkanes) is 1. The molecular weight excluding hydrogens is 290 g/mol. The van der Waals surface area contributed by atoms with E-state index in [9.17, 15) is 9.59 Å². The zero-order valence-corrected chi connectivity index (χ0v) is 12.8. The Hall–Kier alpha value is -1.53. The van der Waals surface area contributed by atoms with E-state index in [-0.39, 0.29) is 24.0 Å². The molecule has 1 aromatic carbocycles. The van der Waals surface area contributed by atoms with E-state index in [0.717, 1.165) is 19.4 Å². The number of hydrogen-bond donors (Lipinski definition) is 3. The van der Waals surface area contributed by atoms with E-state index < -0.39 is 0 Å². The van der Waals surface area contributed by atoms with Crippen LogP contribution < -0.4 is 16.8 Å². The quantitative estimate of drug-likeness (QED) is 0.425. The van der Waals surface area contributed by atoms with E-state index >= 15 is 0 Å². The second-order valence-corrected chi connectivity index (χ2v) is 4.84. The summed E-state index contributed by atoms with van der Waals surface area (Å²) in [6, 6.07) is 7.02. The van der Waals surface area contributed by atoms with Crippen molar-refractivity contribution in [1.82, 2.24) is 11.0 Å². The lowest BCUT2D eigenvalue weighted by Crippen LogP contribution is -2.38. The van der Waals surface area contributed by atoms with Crippen molar-refractivity contribution in [2.24, 2.45) is 5.84 Å². The monoisotopic (exact) mass is 309 g/mol. The molecule has 5 nitrogen and oxygen atoms in total. The smallest absolute Gasteiger partial charge is 0.190 e. The first-order chi connectivity index (χ1) is 9.66. The topological polar surface area (TPSA) is 84.2 Å². The van der Waals surface area contributed by atoms with Crippen LogP contribution in [0.5, 0.6) is 0 Å². The van der Waals surface area contributed by atoms with Crippen LogP contribution in [-0.4, -0.2) is 18.1 Å². The summed E-state index contributed by atoms with van der Waals surface area (Å²) in [5.41, 5.74) is 7.43. The van der Waals surface area contributed by atoms with Gasteiger partial charge in [-0.2, -0.15) is 5.53 Å². The highest BCUT2D eigenvalue weighted by Gasteiger charge is 2.28. The fourth-order valence-corrected chi connectivity index (χ4v) is 2.44. The Morgan fingerprint density at radius 3 is 2.29 bits per heavy atom. The number of allylic oxidation sites excluding steroid dienone is 2. The molecule has 21 heavy (non-hydrogen) atoms. The van der Waals surface area contributed by atoms with Crippen LogP contribution in [0.1, 0.15) is 46.9 Å². The summed E-state index contributed by atoms with van der Waals surface area (Å²) in [6.07, 6.45) is 2.34. The van der Waals surface area contributed by atoms with Crippen LogP contribution in [0.15, 0.2) is 35.4 Å². The molecule has 0 heterocycles. The van der Waals surface area contributed by atoms with Crippen molar-refractivity contribution in [2.75, 3.05) is 6.54 Å². The number of hydrazine groups is 2. The molecule has 1 aromatic rings. The third-order valence-corrected chi connectivity index (χ3v) is 3.56. The summed E-state index contributed by atoms with van der Waals surface area (Å²) >= 11 is 0. The Morgan fingerprint density at radius 2 is 1.67 bits per heavy atom. The summed E-state index contributed by atoms with van der Waals surface area (Å²) in [4.78, 5) is 24.7. The normalized spacial score (nSPS) is 14.0. The average Bonchev–Trinajstić information content (AvgIpc) is 2.48. The van der Waals surface area contributed by atoms with Gasteiger partial charge in [-0.3, -0.25) is 15.4 Å². The maximum Gasteiger partial charge on any atom is 0.190 e. The molecule has 0 aromatic heterocycles. The molecule has 0 aliphatic heterocycles. The van der Waals surface area contributed by atoms with E-state index in [2.05, 4.69) is 11.0 Å². The first kappa shape index (κ1) is 17.5. The SMILES string of the molecule is CC1=C(CCCCNNN)C(=O)c2ccccc2C1=O.Cl. The maximum absolute atomic E-state index is 12.4. The van der Waals surface area contributed by atoms with E-state index in [1.165, 1.54) is 0 Å². The molecule has 0 atom stereocenters. The molecule has 0 amide bonds. The van der Waals surface area contributed by atoms with Gasteiger partial charge in [0.1, 0.15) is 0 Å². The van der Waals surface area contributed by atoms with Gasteiger partial charge in [-0.1, -0.05) is 24.3 Å². The maximum atomic E-state index is 12.4. The number of benzene rings is 1. The minimum absolute atomic E-state index is 0. The Bertz CT molecular complexity index is 570. The summed E-state index contributed by atoms with van der Waals surface area (Å²) in [6.45, 7) is 2.47. The van der Waals surface area contributed by atoms with E-state index in [1.54, 1.807) is 31.2 Å². The van der Waals surface area contributed by atoms with Crippen LogP contribution in [0.3, 0.4) is 0 Å². The number of hydrogen-bond acceptors (Lipinski definition) is 5. The van der Waals surface area contributed by atoms with Gasteiger partial charge in [-0.05, 0) is 26.2 Å². The Labute approximate surface area is 130 Å². The highest BCUT2D eigenvalue weighted by molar-refractivity contribution is 6.26. The van der Waals surface area contributed by atoms with Crippen molar-refractivity contribution in [3.05, 3.63) is 46.5 Å². The van der Waals surface area contributed by atoms with Crippen LogP contribution in [0.25, 0.3) is 0 Å². The number of nitrogens with one attached hydrogen (secondary N) is 2. The van der Waals surface area contributed by atoms with Crippen LogP contribution in [0, 0.1) is 0 Å². The number of ketones is 2. The Morgan fingerprint density at radius 1 is 1.05 bits per heavy atom. The average molecular weight is 310 g/mol. The molecular formula is C15H20ClN3O2. The van der Waals surface area contributed by atoms with E-state index in [1.807, 2.05) is 0 Å². The summed E-state index contributed by atoms with van der Waals surface area (Å²) in [5.74, 6) is 5.06. The van der Waals surface area contributed by atoms with Crippen molar-refractivity contribution in [3.8, 4) is 0 Å². The highest BCUT2D eigenvalue weighted by Crippen LogP contribution is 2.28. The zero-order valence-electron chi connectivity index (χ0n) is 11.9. The van der Waals surface area contributed by atoms with Crippen molar-refractivity contribution >= 4 is 24.0 Å². The molecule has 0 spiro atoms. The van der Waals surface area contributed by atoms with Gasteiger partial charge in [-0.25, -0.2) is 5.43 Å². The second kappa shape index (κ2) is 8.05. The van der Waals surface area contributed by atoms with Gasteiger partial charge in [0.05, 0.1) is 0 Å². The lowest BCUT2D eigenvalue weighted by molar-refractivity contribution is 0.0971. The Balaban J connectivity index is 0.00000220. The fraction of sp³-hybridized carbons (Fsp3) is 0.333. The molecule has 6 heteroatoms. The second-order valence-electron chi connectivity index (χ2n) is 4.84. The number of Topliss-reactive ketones (excluding diaryl/α,β-unsaturated/α-hetero) is 2. The molecule has 0 radical (unpaired) electrons. The van der Waals surface area contributed by atoms with Gasteiger partial charge < -0.3 is 0 Å². The van der Waals surface area contributed by atoms with Crippen molar-refractivity contribution in [3.63, 3.8) is 0 Å². The standard InChI is InChI=1S/C15H19N3O2.ClH/c1-10-11(6-4-5-9-17-18-16)15(20)13-8-3-2-7-12(13)14(10)19;/h2-3,7-8,17-18H,4-6,9,16H2,1H3;1H. The predicted molar refractivity (Wildman–Crippen MR) is 84.2 cm³/mol. The van der Waals surface area contributed by atoms with Gasteiger partial charge in [0.2, 0.25) is 0 Å². The molecule has 0 fully saturated rings. The van der Waals surface area contributed by atoms with Gasteiger partial charge in [0, 0.05) is 28.8 Å². The Kier molecular flexibility index (Phi) is 6.71. The number of halogens is 1. The molecule has 4 N–H and O–H groups in total. The molecule has 0 saturated carbocycles. The van der Waals surface area contributed by atoms with Gasteiger partial charge in [0.15, 0.2) is 11.6 Å². The van der Waals surface area contributed by atoms with Crippen molar-refractivity contribution in [2.45, 2.75) is 26.2 Å². The van der Waals surface area contributed by atoms with Crippen molar-refractivity contribution in [1.29, 1.82) is 0 Å². The third-order valence-electron chi connectivity index (χ3n) is 3.56. The first-order valence-electron chi connectivity index (χ1n) is 6.73. The molecule has 1 aliphatic rings. The minimum atomic E-state index is -0.0306. The first-order valence-corrected chi connectivity index (χ1v) is 6.73. The van der Waals surface area contributed by atoms with Gasteiger partial charge in [-0.15, -0.1) is 12.4 Å². The summed E-state index contributed by atoms with van der Waals surface area (Å²) < 4.78 is 0. The van der Waals surface area contributed by atoms with E-state index in [4.69, 9.17) is 5.84 Å². The van der Waals surface area contributed by atoms with E-state index in [0.29, 0.717) is 28.7 Å². The molecule has 0 saturated heterocycles. The van der Waals surface area contributed by atoms with Crippen LogP contribution in [0.2, 0.25) is 0 Å². The zero-order chi connectivity index (χ0) is 14.5. The van der Waals surface area contributed by atoms with Crippen LogP contribution in [-0.2, 0) is 0 Å². The van der Waals surface area contributed by atoms with Crippen molar-refractivity contribution < 1.29 is 9.59 Å². The minimum Gasteiger partial charge on any atom is -0.289 e. The summed E-state index contributed by atoms with van der Waals surface area (Å²) in [7, 11) is 0. The number of fused-ring (bicyclic) bond motifs is 1. The number of rotatable bonds is 6. The number of carbonyl (C=O) groups excluding carboxylic acids is 2. The van der Waals surface area contributed by atoms with Crippen LogP contribution >= 0.6 is 12.4 Å². The lowest BCUT2D eigenvalue weighted by Gasteiger charge is -2.18. The molecule has 0 bridgehead atoms. The van der Waals surface area contributed by atoms with Gasteiger partial charge in [0.25, 0.3) is 0 Å². The van der Waals surface area contributed by atoms with Gasteiger partial charge >= 0.3 is 0 Å². The molecule has 0 unspecified atom stereocenters. The number of nitrogens with two attached hydrogens (primary N) is 1. The predicted octanol–water partition coefficient (Wildman–Crippen LogP) is 1.94. The molecule has 2 rings (SSSR count). The van der Waals surface area contributed by atoms with Crippen LogP contribution in [0.4, 0.5) is 0 Å². The fourth-order valence-electron chi connectivity index (χ4n) is 2.44. The molecule has 114 valence electrons. The largest absolute Gasteiger partial charge is 0.289 e. The highest BCUT2D eigenvalue weighted by atomic mass is 35.5. The molecule has 1 aliphatic carbocycles. The number of carbonyl (C=O) groups is 2. The lowest BCUT2D eigenvalue weighted by atomic mass is 9.83. The third kappa shape index (κ3) is 3.77. The summed E-state index contributed by atoms with van der Waals surface area (Å²) in [5, 5.41) is 0.